The Morgan fingerprint density at radius 2 is 1.64 bits per heavy atom. The van der Waals surface area contributed by atoms with Gasteiger partial charge in [-0.05, 0) is 24.0 Å². The van der Waals surface area contributed by atoms with Gasteiger partial charge in [0.05, 0.1) is 6.61 Å². The van der Waals surface area contributed by atoms with Crippen LogP contribution in [0.5, 0.6) is 0 Å². The Hall–Kier alpha value is -2.37. The van der Waals surface area contributed by atoms with Crippen LogP contribution >= 0.6 is 0 Å². The molecule has 25 heavy (non-hydrogen) atoms. The van der Waals surface area contributed by atoms with Gasteiger partial charge in [-0.25, -0.2) is 4.79 Å². The van der Waals surface area contributed by atoms with Crippen LogP contribution in [-0.2, 0) is 27.4 Å². The fourth-order valence-electron chi connectivity index (χ4n) is 2.72. The third-order valence-electron chi connectivity index (χ3n) is 4.05. The van der Waals surface area contributed by atoms with Crippen LogP contribution in [0.3, 0.4) is 0 Å². The maximum atomic E-state index is 12.0. The van der Waals surface area contributed by atoms with Gasteiger partial charge in [-0.1, -0.05) is 60.7 Å². The van der Waals surface area contributed by atoms with E-state index in [0.717, 1.165) is 24.0 Å². The van der Waals surface area contributed by atoms with Crippen LogP contribution in [0.4, 0.5) is 4.79 Å². The topological polar surface area (TPSA) is 56.8 Å². The van der Waals surface area contributed by atoms with Crippen LogP contribution in [0.25, 0.3) is 0 Å². The monoisotopic (exact) mass is 341 g/mol. The molecule has 1 fully saturated rings. The number of carbonyl (C=O) groups is 1. The number of amides is 1. The van der Waals surface area contributed by atoms with E-state index < -0.39 is 12.3 Å². The lowest BCUT2D eigenvalue weighted by Gasteiger charge is -2.31. The molecule has 1 saturated heterocycles. The van der Waals surface area contributed by atoms with E-state index in [9.17, 15) is 4.79 Å². The third kappa shape index (κ3) is 5.59. The van der Waals surface area contributed by atoms with Gasteiger partial charge in [0.15, 0.2) is 6.23 Å². The lowest BCUT2D eigenvalue weighted by molar-refractivity contribution is -0.121. The van der Waals surface area contributed by atoms with E-state index in [4.69, 9.17) is 14.2 Å². The van der Waals surface area contributed by atoms with Gasteiger partial charge in [-0.2, -0.15) is 0 Å². The number of hydrogen-bond acceptors (Lipinski definition) is 4. The Morgan fingerprint density at radius 1 is 1.00 bits per heavy atom. The summed E-state index contributed by atoms with van der Waals surface area (Å²) in [4.78, 5) is 12.0. The largest absolute Gasteiger partial charge is 0.445 e. The molecule has 0 aliphatic carbocycles. The number of rotatable bonds is 6. The molecule has 0 unspecified atom stereocenters. The van der Waals surface area contributed by atoms with Crippen molar-refractivity contribution in [1.29, 1.82) is 0 Å². The first-order chi connectivity index (χ1) is 12.3. The van der Waals surface area contributed by atoms with E-state index in [-0.39, 0.29) is 12.7 Å². The fraction of sp³-hybridized carbons (Fsp3) is 0.350. The minimum atomic E-state index is -0.496. The van der Waals surface area contributed by atoms with E-state index >= 15 is 0 Å². The molecule has 0 bridgehead atoms. The van der Waals surface area contributed by atoms with Gasteiger partial charge in [-0.15, -0.1) is 0 Å². The van der Waals surface area contributed by atoms with Crippen molar-refractivity contribution in [2.75, 3.05) is 6.61 Å². The van der Waals surface area contributed by atoms with E-state index in [1.807, 2.05) is 60.7 Å². The minimum absolute atomic E-state index is 0.182. The minimum Gasteiger partial charge on any atom is -0.445 e. The highest BCUT2D eigenvalue weighted by Gasteiger charge is 2.28. The summed E-state index contributed by atoms with van der Waals surface area (Å²) in [6.07, 6.45) is 0.593. The molecule has 1 aliphatic rings. The average Bonchev–Trinajstić information content (AvgIpc) is 2.67. The van der Waals surface area contributed by atoms with Gasteiger partial charge >= 0.3 is 6.09 Å². The summed E-state index contributed by atoms with van der Waals surface area (Å²) in [7, 11) is 0. The maximum absolute atomic E-state index is 12.0. The summed E-state index contributed by atoms with van der Waals surface area (Å²) in [6, 6.07) is 19.5. The smallest absolute Gasteiger partial charge is 0.409 e. The van der Waals surface area contributed by atoms with Gasteiger partial charge in [0.25, 0.3) is 0 Å². The highest BCUT2D eigenvalue weighted by molar-refractivity contribution is 5.67. The van der Waals surface area contributed by atoms with Crippen LogP contribution in [0.15, 0.2) is 60.7 Å². The maximum Gasteiger partial charge on any atom is 0.409 e. The molecule has 5 heteroatoms. The fourth-order valence-corrected chi connectivity index (χ4v) is 2.72. The lowest BCUT2D eigenvalue weighted by atomic mass is 10.1. The normalized spacial score (nSPS) is 20.0. The zero-order chi connectivity index (χ0) is 17.3. The molecule has 1 N–H and O–H groups in total. The molecule has 1 aliphatic heterocycles. The van der Waals surface area contributed by atoms with Gasteiger partial charge in [0, 0.05) is 6.61 Å². The van der Waals surface area contributed by atoms with Crippen LogP contribution in [-0.4, -0.2) is 25.0 Å². The third-order valence-corrected chi connectivity index (χ3v) is 4.05. The zero-order valence-electron chi connectivity index (χ0n) is 14.1. The molecule has 2 aromatic carbocycles. The van der Waals surface area contributed by atoms with Crippen LogP contribution < -0.4 is 5.32 Å². The second-order valence-corrected chi connectivity index (χ2v) is 5.97. The molecule has 0 radical (unpaired) electrons. The average molecular weight is 341 g/mol. The van der Waals surface area contributed by atoms with Crippen molar-refractivity contribution in [3.63, 3.8) is 0 Å². The zero-order valence-corrected chi connectivity index (χ0v) is 14.1. The second kappa shape index (κ2) is 9.20. The summed E-state index contributed by atoms with van der Waals surface area (Å²) < 4.78 is 16.9. The van der Waals surface area contributed by atoms with Crippen LogP contribution in [0.2, 0.25) is 0 Å². The molecule has 0 aromatic heterocycles. The molecule has 0 saturated carbocycles. The Balaban J connectivity index is 1.47. The number of alkyl carbamates (subject to hydrolysis) is 1. The molecule has 1 amide bonds. The number of hydrogen-bond donors (Lipinski definition) is 1. The number of benzene rings is 2. The number of carbonyl (C=O) groups excluding carboxylic acids is 1. The van der Waals surface area contributed by atoms with E-state index in [1.54, 1.807) is 0 Å². The van der Waals surface area contributed by atoms with Crippen molar-refractivity contribution in [3.05, 3.63) is 71.8 Å². The Kier molecular flexibility index (Phi) is 6.42. The Bertz CT molecular complexity index is 647. The first-order valence-corrected chi connectivity index (χ1v) is 8.55. The van der Waals surface area contributed by atoms with E-state index in [0.29, 0.717) is 13.2 Å². The molecule has 0 spiro atoms. The molecule has 2 aromatic rings. The van der Waals surface area contributed by atoms with Crippen molar-refractivity contribution in [3.8, 4) is 0 Å². The summed E-state index contributed by atoms with van der Waals surface area (Å²) >= 11 is 0. The molecule has 2 atom stereocenters. The predicted octanol–water partition coefficient (Wildman–Crippen LogP) is 3.63. The van der Waals surface area contributed by atoms with Gasteiger partial charge in [-0.3, -0.25) is 5.32 Å². The Labute approximate surface area is 147 Å². The molecule has 3 rings (SSSR count). The first kappa shape index (κ1) is 17.5. The van der Waals surface area contributed by atoms with Gasteiger partial charge in [0.1, 0.15) is 12.7 Å². The van der Waals surface area contributed by atoms with Crippen molar-refractivity contribution in [1.82, 2.24) is 5.32 Å². The first-order valence-electron chi connectivity index (χ1n) is 8.55. The summed E-state index contributed by atoms with van der Waals surface area (Å²) in [5.74, 6) is 0. The highest BCUT2D eigenvalue weighted by atomic mass is 16.6. The SMILES string of the molecule is O=C(N[C@@H]1OCCC[C@@H]1OCc1ccccc1)OCc1ccccc1. The van der Waals surface area contributed by atoms with Crippen molar-refractivity contribution >= 4 is 6.09 Å². The van der Waals surface area contributed by atoms with Crippen LogP contribution in [0.1, 0.15) is 24.0 Å². The number of ether oxygens (including phenoxy) is 3. The second-order valence-electron chi connectivity index (χ2n) is 5.97. The van der Waals surface area contributed by atoms with Gasteiger partial charge in [0.2, 0.25) is 0 Å². The lowest BCUT2D eigenvalue weighted by Crippen LogP contribution is -2.49. The summed E-state index contributed by atoms with van der Waals surface area (Å²) in [5.41, 5.74) is 2.04. The highest BCUT2D eigenvalue weighted by Crippen LogP contribution is 2.17. The molecule has 5 nitrogen and oxygen atoms in total. The molecule has 1 heterocycles. The summed E-state index contributed by atoms with van der Waals surface area (Å²) in [6.45, 7) is 1.33. The van der Waals surface area contributed by atoms with Gasteiger partial charge < -0.3 is 14.2 Å². The van der Waals surface area contributed by atoms with E-state index in [1.165, 1.54) is 0 Å². The Morgan fingerprint density at radius 3 is 2.32 bits per heavy atom. The standard InChI is InChI=1S/C20H23NO4/c22-20(25-15-17-10-5-2-6-11-17)21-19-18(12-7-13-23-19)24-14-16-8-3-1-4-9-16/h1-6,8-11,18-19H,7,12-15H2,(H,21,22)/t18-,19+/m0/s1. The number of nitrogens with one attached hydrogen (secondary N) is 1. The van der Waals surface area contributed by atoms with E-state index in [2.05, 4.69) is 5.32 Å². The van der Waals surface area contributed by atoms with Crippen molar-refractivity contribution in [2.45, 2.75) is 38.4 Å². The summed E-state index contributed by atoms with van der Waals surface area (Å²) in [5, 5.41) is 2.77. The molecular formula is C20H23NO4. The van der Waals surface area contributed by atoms with Crippen LogP contribution in [0, 0.1) is 0 Å². The molecule has 132 valence electrons. The van der Waals surface area contributed by atoms with Crippen molar-refractivity contribution in [2.24, 2.45) is 0 Å². The predicted molar refractivity (Wildman–Crippen MR) is 93.8 cm³/mol. The quantitative estimate of drug-likeness (QED) is 0.872. The van der Waals surface area contributed by atoms with Crippen molar-refractivity contribution < 1.29 is 19.0 Å². The molecular weight excluding hydrogens is 318 g/mol.